The summed E-state index contributed by atoms with van der Waals surface area (Å²) in [6, 6.07) is 0.350. The third-order valence-corrected chi connectivity index (χ3v) is 3.81. The van der Waals surface area contributed by atoms with Crippen LogP contribution in [0.25, 0.3) is 0 Å². The summed E-state index contributed by atoms with van der Waals surface area (Å²) in [5.74, 6) is 0.545. The molecule has 1 fully saturated rings. The van der Waals surface area contributed by atoms with Crippen molar-refractivity contribution in [2.24, 2.45) is 5.73 Å². The van der Waals surface area contributed by atoms with Crippen molar-refractivity contribution in [3.63, 3.8) is 0 Å². The summed E-state index contributed by atoms with van der Waals surface area (Å²) < 4.78 is 8.23. The average molecular weight is 288 g/mol. The number of nitrogens with two attached hydrogens (primary N) is 1. The third kappa shape index (κ3) is 2.47. The van der Waals surface area contributed by atoms with E-state index in [1.807, 2.05) is 10.9 Å². The van der Waals surface area contributed by atoms with Crippen molar-refractivity contribution in [1.82, 2.24) is 9.78 Å². The molecule has 2 atom stereocenters. The second kappa shape index (κ2) is 5.29. The molecule has 2 N–H and O–H groups in total. The van der Waals surface area contributed by atoms with Crippen molar-refractivity contribution in [2.45, 2.75) is 37.8 Å². The normalized spacial score (nSPS) is 25.2. The van der Waals surface area contributed by atoms with Crippen molar-refractivity contribution in [3.8, 4) is 0 Å². The molecule has 16 heavy (non-hydrogen) atoms. The van der Waals surface area contributed by atoms with E-state index in [1.165, 1.54) is 12.1 Å². The molecule has 5 heteroatoms. The summed E-state index contributed by atoms with van der Waals surface area (Å²) >= 11 is 3.57. The lowest BCUT2D eigenvalue weighted by atomic mass is 10.0. The molecule has 1 aromatic heterocycles. The molecule has 2 unspecified atom stereocenters. The summed E-state index contributed by atoms with van der Waals surface area (Å²) in [6.45, 7) is 1.50. The summed E-state index contributed by atoms with van der Waals surface area (Å²) in [5.41, 5.74) is 7.24. The molecule has 1 saturated carbocycles. The van der Waals surface area contributed by atoms with Crippen LogP contribution in [-0.2, 0) is 11.3 Å². The molecular formula is C11H18BrN3O. The Morgan fingerprint density at radius 3 is 3.06 bits per heavy atom. The first kappa shape index (κ1) is 12.1. The van der Waals surface area contributed by atoms with Gasteiger partial charge in [0.25, 0.3) is 0 Å². The Morgan fingerprint density at radius 2 is 2.44 bits per heavy atom. The highest BCUT2D eigenvalue weighted by molar-refractivity contribution is 9.10. The molecule has 90 valence electrons. The highest BCUT2D eigenvalue weighted by atomic mass is 79.9. The van der Waals surface area contributed by atoms with Gasteiger partial charge in [0, 0.05) is 19.1 Å². The van der Waals surface area contributed by atoms with Gasteiger partial charge in [0.15, 0.2) is 0 Å². The molecule has 0 radical (unpaired) electrons. The van der Waals surface area contributed by atoms with Crippen LogP contribution in [0.5, 0.6) is 0 Å². The van der Waals surface area contributed by atoms with Crippen molar-refractivity contribution in [3.05, 3.63) is 16.4 Å². The van der Waals surface area contributed by atoms with E-state index in [0.29, 0.717) is 18.6 Å². The van der Waals surface area contributed by atoms with Crippen molar-refractivity contribution < 1.29 is 4.74 Å². The monoisotopic (exact) mass is 287 g/mol. The number of ether oxygens (including phenoxy) is 1. The van der Waals surface area contributed by atoms with Crippen LogP contribution in [0.1, 0.15) is 30.9 Å². The second-order valence-corrected chi connectivity index (χ2v) is 5.22. The van der Waals surface area contributed by atoms with Crippen LogP contribution in [0.4, 0.5) is 0 Å². The molecule has 2 rings (SSSR count). The summed E-state index contributed by atoms with van der Waals surface area (Å²) in [5, 5.41) is 4.37. The lowest BCUT2D eigenvalue weighted by molar-refractivity contribution is 0.182. The molecule has 0 spiro atoms. The van der Waals surface area contributed by atoms with Crippen LogP contribution < -0.4 is 5.73 Å². The van der Waals surface area contributed by atoms with E-state index in [1.54, 1.807) is 7.11 Å². The van der Waals surface area contributed by atoms with Crippen molar-refractivity contribution >= 4 is 15.9 Å². The summed E-state index contributed by atoms with van der Waals surface area (Å²) in [6.07, 6.45) is 5.22. The average Bonchev–Trinajstić information content (AvgIpc) is 2.82. The summed E-state index contributed by atoms with van der Waals surface area (Å²) in [7, 11) is 1.71. The van der Waals surface area contributed by atoms with Crippen LogP contribution in [0.15, 0.2) is 10.7 Å². The van der Waals surface area contributed by atoms with Gasteiger partial charge >= 0.3 is 0 Å². The van der Waals surface area contributed by atoms with Crippen LogP contribution in [0.2, 0.25) is 0 Å². The molecule has 0 bridgehead atoms. The van der Waals surface area contributed by atoms with E-state index < -0.39 is 0 Å². The number of halogens is 1. The molecule has 1 aliphatic rings. The number of aromatic nitrogens is 2. The lowest BCUT2D eigenvalue weighted by Gasteiger charge is -2.13. The SMILES string of the molecule is COCCn1ncc(Br)c1C1CCC(N)C1. The van der Waals surface area contributed by atoms with Crippen molar-refractivity contribution in [2.75, 3.05) is 13.7 Å². The highest BCUT2D eigenvalue weighted by Crippen LogP contribution is 2.37. The fourth-order valence-corrected chi connectivity index (χ4v) is 3.02. The fourth-order valence-electron chi connectivity index (χ4n) is 2.40. The van der Waals surface area contributed by atoms with Gasteiger partial charge in [0.05, 0.1) is 29.5 Å². The molecule has 0 saturated heterocycles. The molecule has 0 amide bonds. The largest absolute Gasteiger partial charge is 0.383 e. The molecule has 4 nitrogen and oxygen atoms in total. The quantitative estimate of drug-likeness (QED) is 0.920. The predicted molar refractivity (Wildman–Crippen MR) is 66.4 cm³/mol. The van der Waals surface area contributed by atoms with Gasteiger partial charge in [-0.1, -0.05) is 0 Å². The minimum absolute atomic E-state index is 0.350. The minimum atomic E-state index is 0.350. The van der Waals surface area contributed by atoms with Gasteiger partial charge in [0.2, 0.25) is 0 Å². The van der Waals surface area contributed by atoms with Crippen LogP contribution in [-0.4, -0.2) is 29.5 Å². The van der Waals surface area contributed by atoms with E-state index in [0.717, 1.165) is 23.9 Å². The van der Waals surface area contributed by atoms with Crippen LogP contribution >= 0.6 is 15.9 Å². The van der Waals surface area contributed by atoms with Gasteiger partial charge in [-0.25, -0.2) is 0 Å². The zero-order chi connectivity index (χ0) is 11.5. The standard InChI is InChI=1S/C11H18BrN3O/c1-16-5-4-15-11(10(12)7-14-15)8-2-3-9(13)6-8/h7-9H,2-6,13H2,1H3. The number of hydrogen-bond acceptors (Lipinski definition) is 3. The number of nitrogens with zero attached hydrogens (tertiary/aromatic N) is 2. The Morgan fingerprint density at radius 1 is 1.62 bits per heavy atom. The van der Waals surface area contributed by atoms with E-state index in [4.69, 9.17) is 10.5 Å². The van der Waals surface area contributed by atoms with Gasteiger partial charge in [-0.3, -0.25) is 4.68 Å². The van der Waals surface area contributed by atoms with E-state index in [-0.39, 0.29) is 0 Å². The molecule has 0 aliphatic heterocycles. The third-order valence-electron chi connectivity index (χ3n) is 3.20. The Balaban J connectivity index is 2.14. The Bertz CT molecular complexity index is 353. The number of rotatable bonds is 4. The minimum Gasteiger partial charge on any atom is -0.383 e. The van der Waals surface area contributed by atoms with Crippen molar-refractivity contribution in [1.29, 1.82) is 0 Å². The molecule has 0 aromatic carbocycles. The lowest BCUT2D eigenvalue weighted by Crippen LogP contribution is -2.16. The number of hydrogen-bond donors (Lipinski definition) is 1. The molecule has 1 aliphatic carbocycles. The topological polar surface area (TPSA) is 53.1 Å². The Hall–Kier alpha value is -0.390. The predicted octanol–water partition coefficient (Wildman–Crippen LogP) is 1.89. The first-order chi connectivity index (χ1) is 7.72. The van der Waals surface area contributed by atoms with Crippen LogP contribution in [0.3, 0.4) is 0 Å². The highest BCUT2D eigenvalue weighted by Gasteiger charge is 2.27. The first-order valence-corrected chi connectivity index (χ1v) is 6.47. The van der Waals surface area contributed by atoms with Gasteiger partial charge in [-0.2, -0.15) is 5.10 Å². The van der Waals surface area contributed by atoms with Gasteiger partial charge in [0.1, 0.15) is 0 Å². The Kier molecular flexibility index (Phi) is 4.00. The van der Waals surface area contributed by atoms with E-state index in [2.05, 4.69) is 21.0 Å². The Labute approximate surface area is 104 Å². The van der Waals surface area contributed by atoms with E-state index >= 15 is 0 Å². The van der Waals surface area contributed by atoms with Gasteiger partial charge in [-0.15, -0.1) is 0 Å². The second-order valence-electron chi connectivity index (χ2n) is 4.36. The maximum atomic E-state index is 5.96. The maximum Gasteiger partial charge on any atom is 0.0658 e. The van der Waals surface area contributed by atoms with Gasteiger partial charge in [-0.05, 0) is 35.2 Å². The summed E-state index contributed by atoms with van der Waals surface area (Å²) in [4.78, 5) is 0. The fraction of sp³-hybridized carbons (Fsp3) is 0.727. The molecule has 1 aromatic rings. The van der Waals surface area contributed by atoms with E-state index in [9.17, 15) is 0 Å². The van der Waals surface area contributed by atoms with Crippen LogP contribution in [0, 0.1) is 0 Å². The number of methoxy groups -OCH3 is 1. The zero-order valence-electron chi connectivity index (χ0n) is 9.53. The molecular weight excluding hydrogens is 270 g/mol. The first-order valence-electron chi connectivity index (χ1n) is 5.68. The maximum absolute atomic E-state index is 5.96. The molecule has 1 heterocycles. The smallest absolute Gasteiger partial charge is 0.0658 e. The zero-order valence-corrected chi connectivity index (χ0v) is 11.1. The van der Waals surface area contributed by atoms with Gasteiger partial charge < -0.3 is 10.5 Å².